The molecule has 1 amide bonds. The summed E-state index contributed by atoms with van der Waals surface area (Å²) >= 11 is 5.73. The molecule has 16 heavy (non-hydrogen) atoms. The van der Waals surface area contributed by atoms with Gasteiger partial charge >= 0.3 is 0 Å². The lowest BCUT2D eigenvalue weighted by Crippen LogP contribution is -2.41. The first-order valence-electron chi connectivity index (χ1n) is 4.78. The summed E-state index contributed by atoms with van der Waals surface area (Å²) in [5.41, 5.74) is 0.666. The summed E-state index contributed by atoms with van der Waals surface area (Å²) < 4.78 is 5.26. The number of halogens is 1. The molecule has 0 aliphatic carbocycles. The zero-order valence-electron chi connectivity index (χ0n) is 8.39. The first kappa shape index (κ1) is 10.8. The molecule has 0 saturated heterocycles. The number of hydrogen-bond donors (Lipinski definition) is 0. The number of hydrogen-bond acceptors (Lipinski definition) is 3. The molecule has 1 unspecified atom stereocenters. The highest BCUT2D eigenvalue weighted by Crippen LogP contribution is 2.31. The largest absolute Gasteiger partial charge is 0.482 e. The van der Waals surface area contributed by atoms with E-state index < -0.39 is 5.38 Å². The van der Waals surface area contributed by atoms with Gasteiger partial charge in [-0.3, -0.25) is 4.79 Å². The minimum absolute atomic E-state index is 0.00789. The average molecular weight is 237 g/mol. The number of nitrogens with zero attached hydrogens (tertiary/aromatic N) is 2. The third-order valence-electron chi connectivity index (χ3n) is 2.29. The van der Waals surface area contributed by atoms with E-state index in [9.17, 15) is 4.79 Å². The molecule has 0 spiro atoms. The maximum absolute atomic E-state index is 11.6. The summed E-state index contributed by atoms with van der Waals surface area (Å²) in [6.07, 6.45) is 0. The van der Waals surface area contributed by atoms with Gasteiger partial charge in [-0.2, -0.15) is 5.26 Å². The zero-order valence-corrected chi connectivity index (χ0v) is 9.15. The van der Waals surface area contributed by atoms with E-state index in [1.165, 1.54) is 4.90 Å². The van der Waals surface area contributed by atoms with Gasteiger partial charge in [-0.1, -0.05) is 12.1 Å². The molecule has 5 heteroatoms. The highest BCUT2D eigenvalue weighted by Gasteiger charge is 2.26. The molecule has 0 bridgehead atoms. The molecule has 2 rings (SSSR count). The average Bonchev–Trinajstić information content (AvgIpc) is 2.32. The molecule has 1 aliphatic rings. The summed E-state index contributed by atoms with van der Waals surface area (Å²) in [6, 6.07) is 9.09. The van der Waals surface area contributed by atoms with E-state index in [0.717, 1.165) is 0 Å². The topological polar surface area (TPSA) is 53.3 Å². The molecular weight excluding hydrogens is 228 g/mol. The normalized spacial score (nSPS) is 16.0. The van der Waals surface area contributed by atoms with E-state index in [-0.39, 0.29) is 19.1 Å². The predicted molar refractivity (Wildman–Crippen MR) is 59.5 cm³/mol. The van der Waals surface area contributed by atoms with Gasteiger partial charge in [0.15, 0.2) is 6.61 Å². The van der Waals surface area contributed by atoms with Gasteiger partial charge in [0, 0.05) is 0 Å². The lowest BCUT2D eigenvalue weighted by atomic mass is 10.2. The van der Waals surface area contributed by atoms with Gasteiger partial charge in [-0.15, -0.1) is 11.6 Å². The van der Waals surface area contributed by atoms with Crippen molar-refractivity contribution < 1.29 is 9.53 Å². The number of anilines is 1. The van der Waals surface area contributed by atoms with Crippen LogP contribution >= 0.6 is 11.6 Å². The number of ether oxygens (including phenoxy) is 1. The minimum atomic E-state index is -0.713. The van der Waals surface area contributed by atoms with E-state index in [4.69, 9.17) is 21.6 Å². The molecule has 0 aromatic heterocycles. The molecule has 0 fully saturated rings. The van der Waals surface area contributed by atoms with Crippen LogP contribution in [0.3, 0.4) is 0 Å². The monoisotopic (exact) mass is 236 g/mol. The van der Waals surface area contributed by atoms with Gasteiger partial charge in [-0.25, -0.2) is 0 Å². The fraction of sp³-hybridized carbons (Fsp3) is 0.273. The molecule has 1 aliphatic heterocycles. The summed E-state index contributed by atoms with van der Waals surface area (Å²) in [4.78, 5) is 13.1. The van der Waals surface area contributed by atoms with Gasteiger partial charge in [0.2, 0.25) is 0 Å². The number of amides is 1. The van der Waals surface area contributed by atoms with Crippen LogP contribution in [0.2, 0.25) is 0 Å². The van der Waals surface area contributed by atoms with E-state index in [1.807, 2.05) is 18.2 Å². The second-order valence-corrected chi connectivity index (χ2v) is 3.88. The van der Waals surface area contributed by atoms with Gasteiger partial charge < -0.3 is 9.64 Å². The van der Waals surface area contributed by atoms with Crippen LogP contribution in [0.5, 0.6) is 5.75 Å². The quantitative estimate of drug-likeness (QED) is 0.732. The molecule has 4 nitrogen and oxygen atoms in total. The molecule has 1 aromatic rings. The number of carbonyl (C=O) groups is 1. The Morgan fingerprint density at radius 3 is 3.06 bits per heavy atom. The van der Waals surface area contributed by atoms with Crippen LogP contribution in [0.1, 0.15) is 0 Å². The minimum Gasteiger partial charge on any atom is -0.482 e. The van der Waals surface area contributed by atoms with Crippen molar-refractivity contribution in [2.75, 3.05) is 18.1 Å². The van der Waals surface area contributed by atoms with Crippen LogP contribution in [-0.4, -0.2) is 24.4 Å². The van der Waals surface area contributed by atoms with Gasteiger partial charge in [0.05, 0.1) is 18.3 Å². The lowest BCUT2D eigenvalue weighted by molar-refractivity contribution is -0.121. The van der Waals surface area contributed by atoms with E-state index in [0.29, 0.717) is 11.4 Å². The number of fused-ring (bicyclic) bond motifs is 1. The molecule has 0 saturated carbocycles. The first-order chi connectivity index (χ1) is 7.72. The van der Waals surface area contributed by atoms with Crippen LogP contribution in [0.15, 0.2) is 24.3 Å². The Bertz CT molecular complexity index is 456. The maximum Gasteiger partial charge on any atom is 0.265 e. The SMILES string of the molecule is N#CC(Cl)CN1C(=O)COc2ccccc21. The van der Waals surface area contributed by atoms with Crippen LogP contribution in [0.4, 0.5) is 5.69 Å². The summed E-state index contributed by atoms with van der Waals surface area (Å²) in [5, 5.41) is 7.94. The molecule has 0 radical (unpaired) electrons. The van der Waals surface area contributed by atoms with Crippen molar-refractivity contribution in [2.45, 2.75) is 5.38 Å². The smallest absolute Gasteiger partial charge is 0.265 e. The number of carbonyl (C=O) groups excluding carboxylic acids is 1. The number of nitriles is 1. The predicted octanol–water partition coefficient (Wildman–Crippen LogP) is 1.54. The Balaban J connectivity index is 2.30. The molecule has 1 atom stereocenters. The Labute approximate surface area is 98.0 Å². The first-order valence-corrected chi connectivity index (χ1v) is 5.22. The Morgan fingerprint density at radius 1 is 1.56 bits per heavy atom. The van der Waals surface area contributed by atoms with E-state index in [1.54, 1.807) is 12.1 Å². The van der Waals surface area contributed by atoms with Crippen molar-refractivity contribution in [3.05, 3.63) is 24.3 Å². The second-order valence-electron chi connectivity index (χ2n) is 3.36. The van der Waals surface area contributed by atoms with E-state index in [2.05, 4.69) is 0 Å². The molecule has 1 heterocycles. The Kier molecular flexibility index (Phi) is 2.97. The van der Waals surface area contributed by atoms with Crippen LogP contribution in [0.25, 0.3) is 0 Å². The molecule has 0 N–H and O–H groups in total. The van der Waals surface area contributed by atoms with Crippen molar-refractivity contribution in [1.29, 1.82) is 5.26 Å². The fourth-order valence-corrected chi connectivity index (χ4v) is 1.69. The number of rotatable bonds is 2. The molecule has 1 aromatic carbocycles. The Morgan fingerprint density at radius 2 is 2.31 bits per heavy atom. The summed E-state index contributed by atoms with van der Waals surface area (Å²) in [5.74, 6) is 0.462. The number of para-hydroxylation sites is 2. The zero-order chi connectivity index (χ0) is 11.5. The molecular formula is C11H9ClN2O2. The Hall–Kier alpha value is -1.73. The van der Waals surface area contributed by atoms with Crippen molar-refractivity contribution in [1.82, 2.24) is 0 Å². The van der Waals surface area contributed by atoms with Crippen LogP contribution in [-0.2, 0) is 4.79 Å². The van der Waals surface area contributed by atoms with Crippen LogP contribution in [0, 0.1) is 11.3 Å². The van der Waals surface area contributed by atoms with Crippen molar-refractivity contribution >= 4 is 23.2 Å². The third kappa shape index (κ3) is 1.95. The standard InChI is InChI=1S/C11H9ClN2O2/c12-8(5-13)6-14-9-3-1-2-4-10(9)16-7-11(14)15/h1-4,8H,6-7H2. The second kappa shape index (κ2) is 4.42. The number of benzene rings is 1. The van der Waals surface area contributed by atoms with Crippen molar-refractivity contribution in [3.8, 4) is 11.8 Å². The van der Waals surface area contributed by atoms with E-state index >= 15 is 0 Å². The highest BCUT2D eigenvalue weighted by atomic mass is 35.5. The maximum atomic E-state index is 11.6. The summed E-state index contributed by atoms with van der Waals surface area (Å²) in [6.45, 7) is 0.170. The van der Waals surface area contributed by atoms with Crippen LogP contribution < -0.4 is 9.64 Å². The third-order valence-corrected chi connectivity index (χ3v) is 2.53. The van der Waals surface area contributed by atoms with Gasteiger partial charge in [0.1, 0.15) is 11.1 Å². The lowest BCUT2D eigenvalue weighted by Gasteiger charge is -2.29. The van der Waals surface area contributed by atoms with Gasteiger partial charge in [0.25, 0.3) is 5.91 Å². The van der Waals surface area contributed by atoms with Crippen molar-refractivity contribution in [2.24, 2.45) is 0 Å². The molecule has 82 valence electrons. The number of alkyl halides is 1. The van der Waals surface area contributed by atoms with Crippen molar-refractivity contribution in [3.63, 3.8) is 0 Å². The highest BCUT2D eigenvalue weighted by molar-refractivity contribution is 6.23. The van der Waals surface area contributed by atoms with Gasteiger partial charge in [-0.05, 0) is 12.1 Å². The fourth-order valence-electron chi connectivity index (χ4n) is 1.56. The summed E-state index contributed by atoms with van der Waals surface area (Å²) in [7, 11) is 0.